The molecule has 0 radical (unpaired) electrons. The molecule has 0 aliphatic rings. The highest BCUT2D eigenvalue weighted by Gasteiger charge is 2.20. The molecule has 6 heteroatoms. The maximum Gasteiger partial charge on any atom is 0.339 e. The Labute approximate surface area is 184 Å². The monoisotopic (exact) mass is 438 g/mol. The Morgan fingerprint density at radius 1 is 1.00 bits per heavy atom. The van der Waals surface area contributed by atoms with Gasteiger partial charge in [-0.05, 0) is 31.9 Å². The highest BCUT2D eigenvalue weighted by Crippen LogP contribution is 2.23. The summed E-state index contributed by atoms with van der Waals surface area (Å²) in [6.45, 7) is 3.98. The van der Waals surface area contributed by atoms with Gasteiger partial charge in [0.05, 0.1) is 0 Å². The zero-order chi connectivity index (χ0) is 21.5. The number of carbonyl (C=O) groups excluding carboxylic acids is 1. The quantitative estimate of drug-likeness (QED) is 0.137. The molecule has 29 heavy (non-hydrogen) atoms. The molecule has 1 atom stereocenters. The Balaban J connectivity index is 2.19. The van der Waals surface area contributed by atoms with Crippen LogP contribution in [0.2, 0.25) is 0 Å². The van der Waals surface area contributed by atoms with E-state index in [1.54, 1.807) is 19.1 Å². The molecule has 1 unspecified atom stereocenters. The largest absolute Gasteiger partial charge is 0.478 e. The molecule has 162 valence electrons. The second-order valence-corrected chi connectivity index (χ2v) is 9.47. The van der Waals surface area contributed by atoms with Crippen molar-refractivity contribution < 1.29 is 19.4 Å². The Hall–Kier alpha value is -1.40. The first-order valence-electron chi connectivity index (χ1n) is 10.7. The lowest BCUT2D eigenvalue weighted by Gasteiger charge is -2.13. The predicted molar refractivity (Wildman–Crippen MR) is 125 cm³/mol. The number of hydrogen-bond donors (Lipinski definition) is 1. The molecule has 1 aromatic carbocycles. The SMILES string of the molecule is CCCCCCCCCCCCC(=S)SC(C)C(=O)Oc1ccccc1C(=O)O. The standard InChI is InChI=1S/C23H34O4S2/c1-3-4-5-6-7-8-9-10-11-12-17-21(28)29-18(2)23(26)27-20-16-14-13-15-19(20)22(24)25/h13-16,18H,3-12,17H2,1-2H3,(H,24,25). The fraction of sp³-hybridized carbons (Fsp3) is 0.609. The number of para-hydroxylation sites is 1. The average molecular weight is 439 g/mol. The maximum absolute atomic E-state index is 12.3. The van der Waals surface area contributed by atoms with Gasteiger partial charge in [-0.3, -0.25) is 4.79 Å². The van der Waals surface area contributed by atoms with Crippen LogP contribution in [-0.2, 0) is 4.79 Å². The first-order chi connectivity index (χ1) is 14.0. The third-order valence-electron chi connectivity index (χ3n) is 4.70. The van der Waals surface area contributed by atoms with E-state index in [4.69, 9.17) is 22.1 Å². The summed E-state index contributed by atoms with van der Waals surface area (Å²) in [5, 5.41) is 8.70. The molecule has 0 aromatic heterocycles. The number of carbonyl (C=O) groups is 2. The third kappa shape index (κ3) is 11.4. The topological polar surface area (TPSA) is 63.6 Å². The number of thiocarbonyl (C=S) groups is 1. The van der Waals surface area contributed by atoms with Crippen molar-refractivity contribution >= 4 is 40.1 Å². The van der Waals surface area contributed by atoms with Crippen LogP contribution < -0.4 is 4.74 Å². The van der Waals surface area contributed by atoms with Crippen LogP contribution in [0.4, 0.5) is 0 Å². The van der Waals surface area contributed by atoms with Crippen molar-refractivity contribution in [2.75, 3.05) is 0 Å². The Kier molecular flexibility index (Phi) is 13.7. The summed E-state index contributed by atoms with van der Waals surface area (Å²) in [5.74, 6) is -1.53. The van der Waals surface area contributed by atoms with E-state index in [1.807, 2.05) is 0 Å². The highest BCUT2D eigenvalue weighted by molar-refractivity contribution is 8.23. The van der Waals surface area contributed by atoms with Crippen LogP contribution >= 0.6 is 24.0 Å². The number of esters is 1. The van der Waals surface area contributed by atoms with Crippen molar-refractivity contribution in [1.82, 2.24) is 0 Å². The molecule has 1 aromatic rings. The normalized spacial score (nSPS) is 11.8. The van der Waals surface area contributed by atoms with E-state index in [0.29, 0.717) is 0 Å². The van der Waals surface area contributed by atoms with Crippen LogP contribution in [-0.4, -0.2) is 26.5 Å². The fourth-order valence-corrected chi connectivity index (χ4v) is 4.36. The van der Waals surface area contributed by atoms with E-state index >= 15 is 0 Å². The Morgan fingerprint density at radius 3 is 2.14 bits per heavy atom. The Morgan fingerprint density at radius 2 is 1.55 bits per heavy atom. The van der Waals surface area contributed by atoms with E-state index in [0.717, 1.165) is 17.0 Å². The zero-order valence-electron chi connectivity index (χ0n) is 17.7. The lowest BCUT2D eigenvalue weighted by molar-refractivity contribution is -0.133. The number of unbranched alkanes of at least 4 members (excludes halogenated alkanes) is 9. The van der Waals surface area contributed by atoms with Crippen molar-refractivity contribution in [1.29, 1.82) is 0 Å². The van der Waals surface area contributed by atoms with Crippen molar-refractivity contribution in [3.05, 3.63) is 29.8 Å². The summed E-state index contributed by atoms with van der Waals surface area (Å²) in [6.07, 6.45) is 13.6. The minimum atomic E-state index is -1.12. The van der Waals surface area contributed by atoms with E-state index < -0.39 is 17.2 Å². The van der Waals surface area contributed by atoms with E-state index in [-0.39, 0.29) is 11.3 Å². The number of ether oxygens (including phenoxy) is 1. The van der Waals surface area contributed by atoms with Crippen LogP contribution in [0.5, 0.6) is 5.75 Å². The number of benzene rings is 1. The van der Waals surface area contributed by atoms with Gasteiger partial charge in [-0.15, -0.1) is 11.8 Å². The lowest BCUT2D eigenvalue weighted by atomic mass is 10.1. The average Bonchev–Trinajstić information content (AvgIpc) is 2.69. The minimum Gasteiger partial charge on any atom is -0.478 e. The van der Waals surface area contributed by atoms with E-state index in [9.17, 15) is 9.59 Å². The molecule has 0 bridgehead atoms. The summed E-state index contributed by atoms with van der Waals surface area (Å²) >= 11 is 6.73. The first kappa shape index (κ1) is 25.6. The van der Waals surface area contributed by atoms with Crippen molar-refractivity contribution in [3.63, 3.8) is 0 Å². The highest BCUT2D eigenvalue weighted by atomic mass is 32.2. The second kappa shape index (κ2) is 15.4. The van der Waals surface area contributed by atoms with Crippen LogP contribution in [0, 0.1) is 0 Å². The van der Waals surface area contributed by atoms with Crippen LogP contribution in [0.1, 0.15) is 94.8 Å². The van der Waals surface area contributed by atoms with Gasteiger partial charge in [0.2, 0.25) is 0 Å². The van der Waals surface area contributed by atoms with Gasteiger partial charge in [0.15, 0.2) is 0 Å². The molecule has 0 fully saturated rings. The number of rotatable bonds is 15. The van der Waals surface area contributed by atoms with Gasteiger partial charge in [-0.1, -0.05) is 89.1 Å². The Bertz CT molecular complexity index is 646. The molecule has 0 amide bonds. The fourth-order valence-electron chi connectivity index (χ4n) is 2.98. The van der Waals surface area contributed by atoms with Gasteiger partial charge in [0, 0.05) is 4.20 Å². The molecule has 0 saturated heterocycles. The van der Waals surface area contributed by atoms with Crippen molar-refractivity contribution in [3.8, 4) is 5.75 Å². The van der Waals surface area contributed by atoms with Crippen LogP contribution in [0.25, 0.3) is 0 Å². The number of carboxylic acids is 1. The number of hydrogen-bond acceptors (Lipinski definition) is 5. The van der Waals surface area contributed by atoms with E-state index in [1.165, 1.54) is 81.7 Å². The molecule has 0 saturated carbocycles. The van der Waals surface area contributed by atoms with Crippen molar-refractivity contribution in [2.24, 2.45) is 0 Å². The van der Waals surface area contributed by atoms with Gasteiger partial charge in [-0.2, -0.15) is 0 Å². The number of carboxylic acid groups (broad SMARTS) is 1. The van der Waals surface area contributed by atoms with Crippen LogP contribution in [0.15, 0.2) is 24.3 Å². The van der Waals surface area contributed by atoms with Gasteiger partial charge in [0.25, 0.3) is 0 Å². The molecule has 0 aliphatic heterocycles. The second-order valence-electron chi connectivity index (χ2n) is 7.29. The molecular formula is C23H34O4S2. The summed E-state index contributed by atoms with van der Waals surface area (Å²) in [7, 11) is 0. The van der Waals surface area contributed by atoms with Gasteiger partial charge in [0.1, 0.15) is 16.6 Å². The molecule has 0 spiro atoms. The van der Waals surface area contributed by atoms with Gasteiger partial charge in [-0.25, -0.2) is 4.79 Å². The molecule has 0 heterocycles. The summed E-state index contributed by atoms with van der Waals surface area (Å²) in [4.78, 5) is 23.5. The molecular weight excluding hydrogens is 404 g/mol. The van der Waals surface area contributed by atoms with Gasteiger partial charge >= 0.3 is 11.9 Å². The lowest BCUT2D eigenvalue weighted by Crippen LogP contribution is -2.22. The summed E-state index contributed by atoms with van der Waals surface area (Å²) < 4.78 is 6.08. The smallest absolute Gasteiger partial charge is 0.339 e. The van der Waals surface area contributed by atoms with Crippen molar-refractivity contribution in [2.45, 2.75) is 89.7 Å². The van der Waals surface area contributed by atoms with E-state index in [2.05, 4.69) is 6.92 Å². The zero-order valence-corrected chi connectivity index (χ0v) is 19.3. The minimum absolute atomic E-state index is 0.0222. The molecule has 1 rings (SSSR count). The molecule has 0 aliphatic carbocycles. The van der Waals surface area contributed by atoms with Crippen LogP contribution in [0.3, 0.4) is 0 Å². The van der Waals surface area contributed by atoms with Gasteiger partial charge < -0.3 is 9.84 Å². The number of thioether (sulfide) groups is 1. The third-order valence-corrected chi connectivity index (χ3v) is 6.21. The maximum atomic E-state index is 12.3. The summed E-state index contributed by atoms with van der Waals surface area (Å²) in [5.41, 5.74) is -0.0222. The first-order valence-corrected chi connectivity index (χ1v) is 12.0. The molecule has 4 nitrogen and oxygen atoms in total. The molecule has 1 N–H and O–H groups in total. The summed E-state index contributed by atoms with van der Waals surface area (Å²) in [6, 6.07) is 6.14. The number of aromatic carboxylic acids is 1. The predicted octanol–water partition coefficient (Wildman–Crippen LogP) is 7.05.